The lowest BCUT2D eigenvalue weighted by Gasteiger charge is -2.25. The van der Waals surface area contributed by atoms with Gasteiger partial charge >= 0.3 is 5.97 Å². The molecule has 0 bridgehead atoms. The quantitative estimate of drug-likeness (QED) is 0.185. The number of nitrogens with two attached hydrogens (primary N) is 1. The first-order valence-corrected chi connectivity index (χ1v) is 13.2. The maximum atomic E-state index is 13.9. The third-order valence-corrected chi connectivity index (χ3v) is 6.23. The van der Waals surface area contributed by atoms with Gasteiger partial charge in [0.2, 0.25) is 5.91 Å². The Morgan fingerprint density at radius 1 is 0.975 bits per heavy atom. The van der Waals surface area contributed by atoms with E-state index in [1.807, 2.05) is 63.2 Å². The molecule has 40 heavy (non-hydrogen) atoms. The third kappa shape index (κ3) is 6.99. The summed E-state index contributed by atoms with van der Waals surface area (Å²) in [7, 11) is 0. The fourth-order valence-electron chi connectivity index (χ4n) is 4.45. The molecule has 1 heterocycles. The summed E-state index contributed by atoms with van der Waals surface area (Å²) < 4.78 is 11.8. The highest BCUT2D eigenvalue weighted by Crippen LogP contribution is 2.34. The van der Waals surface area contributed by atoms with Gasteiger partial charge in [-0.3, -0.25) is 9.59 Å². The van der Waals surface area contributed by atoms with Gasteiger partial charge in [0.15, 0.2) is 11.5 Å². The fraction of sp³-hybridized carbons (Fsp3) is 0.258. The second kappa shape index (κ2) is 12.8. The number of nitrogens with zero attached hydrogens (tertiary/aromatic N) is 1. The number of carbonyl (C=O) groups is 2. The predicted octanol–water partition coefficient (Wildman–Crippen LogP) is 5.49. The number of benzene rings is 3. The summed E-state index contributed by atoms with van der Waals surface area (Å²) in [5.41, 5.74) is 8.01. The van der Waals surface area contributed by atoms with Crippen molar-refractivity contribution >= 4 is 34.2 Å². The number of pyridine rings is 1. The van der Waals surface area contributed by atoms with Crippen LogP contribution in [0.1, 0.15) is 50.4 Å². The van der Waals surface area contributed by atoms with Crippen LogP contribution in [-0.2, 0) is 9.59 Å². The molecule has 0 radical (unpaired) electrons. The average Bonchev–Trinajstić information content (AvgIpc) is 2.92. The Kier molecular flexibility index (Phi) is 9.06. The highest BCUT2D eigenvalue weighted by Gasteiger charge is 2.27. The predicted molar refractivity (Wildman–Crippen MR) is 155 cm³/mol. The summed E-state index contributed by atoms with van der Waals surface area (Å²) >= 11 is 0. The molecule has 208 valence electrons. The van der Waals surface area contributed by atoms with Crippen LogP contribution in [-0.4, -0.2) is 34.7 Å². The van der Waals surface area contributed by atoms with Crippen LogP contribution in [0.15, 0.2) is 79.0 Å². The number of hydrogen-bond donors (Lipinski definition) is 4. The molecule has 9 heteroatoms. The van der Waals surface area contributed by atoms with Crippen molar-refractivity contribution in [3.8, 4) is 11.5 Å². The van der Waals surface area contributed by atoms with E-state index in [1.54, 1.807) is 36.5 Å². The van der Waals surface area contributed by atoms with Crippen LogP contribution in [0, 0.1) is 0 Å². The summed E-state index contributed by atoms with van der Waals surface area (Å²) in [4.78, 5) is 29.7. The summed E-state index contributed by atoms with van der Waals surface area (Å²) in [6, 6.07) is 20.2. The van der Waals surface area contributed by atoms with E-state index in [0.29, 0.717) is 40.7 Å². The zero-order valence-electron chi connectivity index (χ0n) is 22.8. The number of aliphatic carboxylic acids is 1. The molecule has 0 fully saturated rings. The zero-order chi connectivity index (χ0) is 28.6. The number of nitrogen functional groups attached to an aromatic ring is 1. The number of hydrogen-bond acceptors (Lipinski definition) is 7. The summed E-state index contributed by atoms with van der Waals surface area (Å²) in [6.07, 6.45) is 1.30. The molecule has 3 aromatic carbocycles. The first-order chi connectivity index (χ1) is 19.2. The SMILES string of the molecule is CCOc1cc(C(Nc2ccc3c(N)nccc3c2)C(=O)N[C@@H](CC(=O)O)c2ccccc2)ccc1OC(C)C. The summed E-state index contributed by atoms with van der Waals surface area (Å²) in [6.45, 7) is 6.14. The van der Waals surface area contributed by atoms with Gasteiger partial charge in [0.1, 0.15) is 11.9 Å². The molecule has 4 aromatic rings. The van der Waals surface area contributed by atoms with E-state index < -0.39 is 24.0 Å². The topological polar surface area (TPSA) is 136 Å². The molecule has 5 N–H and O–H groups in total. The van der Waals surface area contributed by atoms with Gasteiger partial charge in [-0.2, -0.15) is 0 Å². The number of rotatable bonds is 12. The molecule has 0 aliphatic carbocycles. The van der Waals surface area contributed by atoms with Gasteiger partial charge in [-0.05, 0) is 73.7 Å². The van der Waals surface area contributed by atoms with Gasteiger partial charge < -0.3 is 30.9 Å². The molecule has 4 rings (SSSR count). The smallest absolute Gasteiger partial charge is 0.305 e. The van der Waals surface area contributed by atoms with E-state index in [9.17, 15) is 14.7 Å². The lowest BCUT2D eigenvalue weighted by molar-refractivity contribution is -0.137. The number of amides is 1. The molecule has 0 aliphatic rings. The van der Waals surface area contributed by atoms with E-state index in [2.05, 4.69) is 15.6 Å². The second-order valence-electron chi connectivity index (χ2n) is 9.58. The van der Waals surface area contributed by atoms with Gasteiger partial charge in [-0.1, -0.05) is 36.4 Å². The Morgan fingerprint density at radius 2 is 1.75 bits per heavy atom. The van der Waals surface area contributed by atoms with Crippen LogP contribution in [0.3, 0.4) is 0 Å². The largest absolute Gasteiger partial charge is 0.490 e. The summed E-state index contributed by atoms with van der Waals surface area (Å²) in [5, 5.41) is 17.5. The molecular weight excluding hydrogens is 508 g/mol. The van der Waals surface area contributed by atoms with E-state index >= 15 is 0 Å². The van der Waals surface area contributed by atoms with Crippen molar-refractivity contribution in [2.45, 2.75) is 45.4 Å². The number of nitrogens with one attached hydrogen (secondary N) is 2. The maximum absolute atomic E-state index is 13.9. The van der Waals surface area contributed by atoms with Gasteiger partial charge in [-0.15, -0.1) is 0 Å². The number of anilines is 2. The van der Waals surface area contributed by atoms with E-state index in [-0.39, 0.29) is 12.5 Å². The number of ether oxygens (including phenoxy) is 2. The minimum Gasteiger partial charge on any atom is -0.490 e. The molecule has 2 atom stereocenters. The van der Waals surface area contributed by atoms with E-state index in [1.165, 1.54) is 0 Å². The normalized spacial score (nSPS) is 12.5. The molecule has 0 aliphatic heterocycles. The molecule has 0 saturated carbocycles. The Morgan fingerprint density at radius 3 is 2.45 bits per heavy atom. The van der Waals surface area contributed by atoms with Crippen LogP contribution in [0.5, 0.6) is 11.5 Å². The monoisotopic (exact) mass is 542 g/mol. The van der Waals surface area contributed by atoms with Crippen molar-refractivity contribution in [2.75, 3.05) is 17.7 Å². The Balaban J connectivity index is 1.73. The second-order valence-corrected chi connectivity index (χ2v) is 9.58. The molecular formula is C31H34N4O5. The maximum Gasteiger partial charge on any atom is 0.305 e. The van der Waals surface area contributed by atoms with Crippen LogP contribution < -0.4 is 25.8 Å². The molecule has 1 amide bonds. The minimum atomic E-state index is -1.02. The zero-order valence-corrected chi connectivity index (χ0v) is 22.8. The Bertz CT molecular complexity index is 1480. The minimum absolute atomic E-state index is 0.0653. The lowest BCUT2D eigenvalue weighted by atomic mass is 10.0. The Hall–Kier alpha value is -4.79. The van der Waals surface area contributed by atoms with Crippen molar-refractivity contribution in [2.24, 2.45) is 0 Å². The molecule has 0 saturated heterocycles. The van der Waals surface area contributed by atoms with E-state index in [0.717, 1.165) is 10.8 Å². The number of aromatic nitrogens is 1. The van der Waals surface area contributed by atoms with Crippen molar-refractivity contribution in [1.82, 2.24) is 10.3 Å². The first-order valence-electron chi connectivity index (χ1n) is 13.2. The van der Waals surface area contributed by atoms with Crippen molar-refractivity contribution in [1.29, 1.82) is 0 Å². The van der Waals surface area contributed by atoms with Crippen molar-refractivity contribution < 1.29 is 24.2 Å². The third-order valence-electron chi connectivity index (χ3n) is 6.23. The van der Waals surface area contributed by atoms with Gasteiger partial charge in [0, 0.05) is 17.3 Å². The standard InChI is InChI=1S/C31H34N4O5/c1-4-39-27-17-22(10-13-26(27)40-19(2)3)29(34-23-11-12-24-21(16-23)14-15-33-30(24)32)31(38)35-25(18-28(36)37)20-8-6-5-7-9-20/h5-17,19,25,29,34H,4,18H2,1-3H3,(H2,32,33)(H,35,38)(H,36,37)/t25-,29?/m0/s1. The molecule has 1 unspecified atom stereocenters. The van der Waals surface area contributed by atoms with Crippen LogP contribution in [0.4, 0.5) is 11.5 Å². The highest BCUT2D eigenvalue weighted by atomic mass is 16.5. The summed E-state index contributed by atoms with van der Waals surface area (Å²) in [5.74, 6) is 0.0784. The number of fused-ring (bicyclic) bond motifs is 1. The number of carbonyl (C=O) groups excluding carboxylic acids is 1. The average molecular weight is 543 g/mol. The van der Waals surface area contributed by atoms with Crippen molar-refractivity contribution in [3.05, 3.63) is 90.1 Å². The van der Waals surface area contributed by atoms with Crippen LogP contribution >= 0.6 is 0 Å². The molecule has 0 spiro atoms. The number of carboxylic acid groups (broad SMARTS) is 1. The first kappa shape index (κ1) is 28.2. The molecule has 9 nitrogen and oxygen atoms in total. The molecule has 1 aromatic heterocycles. The van der Waals surface area contributed by atoms with Crippen LogP contribution in [0.2, 0.25) is 0 Å². The van der Waals surface area contributed by atoms with Gasteiger partial charge in [0.25, 0.3) is 0 Å². The number of carboxylic acids is 1. The van der Waals surface area contributed by atoms with Crippen LogP contribution in [0.25, 0.3) is 10.8 Å². The van der Waals surface area contributed by atoms with Gasteiger partial charge in [0.05, 0.1) is 25.2 Å². The highest BCUT2D eigenvalue weighted by molar-refractivity contribution is 5.94. The van der Waals surface area contributed by atoms with Crippen molar-refractivity contribution in [3.63, 3.8) is 0 Å². The van der Waals surface area contributed by atoms with Gasteiger partial charge in [-0.25, -0.2) is 4.98 Å². The van der Waals surface area contributed by atoms with E-state index in [4.69, 9.17) is 15.2 Å². The Labute approximate surface area is 233 Å². The fourth-order valence-corrected chi connectivity index (χ4v) is 4.45. The lowest BCUT2D eigenvalue weighted by Crippen LogP contribution is -2.37.